The molecule has 0 aromatic heterocycles. The Bertz CT molecular complexity index is 860. The molecular weight excluding hydrogens is 306 g/mol. The fourth-order valence-corrected chi connectivity index (χ4v) is 2.50. The second-order valence-electron chi connectivity index (χ2n) is 5.25. The Morgan fingerprint density at radius 3 is 2.88 bits per heavy atom. The van der Waals surface area contributed by atoms with Crippen molar-refractivity contribution in [2.24, 2.45) is 0 Å². The van der Waals surface area contributed by atoms with Gasteiger partial charge >= 0.3 is 0 Å². The number of aromatic hydroxyl groups is 1. The van der Waals surface area contributed by atoms with Crippen LogP contribution >= 0.6 is 0 Å². The summed E-state index contributed by atoms with van der Waals surface area (Å²) in [5, 5.41) is 12.9. The van der Waals surface area contributed by atoms with Gasteiger partial charge in [0.15, 0.2) is 17.6 Å². The number of ether oxygens (including phenoxy) is 3. The van der Waals surface area contributed by atoms with E-state index in [-0.39, 0.29) is 34.9 Å². The quantitative estimate of drug-likeness (QED) is 0.851. The lowest BCUT2D eigenvalue weighted by Gasteiger charge is -2.32. The molecule has 0 aliphatic carbocycles. The van der Waals surface area contributed by atoms with Gasteiger partial charge in [-0.25, -0.2) is 0 Å². The number of morpholine rings is 1. The molecule has 2 N–H and O–H groups in total. The van der Waals surface area contributed by atoms with E-state index in [4.69, 9.17) is 21.1 Å². The van der Waals surface area contributed by atoms with E-state index in [9.17, 15) is 5.11 Å². The van der Waals surface area contributed by atoms with E-state index in [1.54, 1.807) is 6.92 Å². The summed E-state index contributed by atoms with van der Waals surface area (Å²) < 4.78 is 57.9. The normalized spacial score (nSPS) is 21.7. The summed E-state index contributed by atoms with van der Waals surface area (Å²) in [7, 11) is 0. The standard InChI is InChI=1S/C19H23NO4/c1-2-22-17-12-15(21)8-9-16(17)24-19(14-6-4-3-5-7-14)18-13-20-10-11-23-18/h3-9,12,18-21H,2,10-11,13H2,1H3/t18-,19-/m1/s1/i3D,4D,5D,6D,7D. The highest BCUT2D eigenvalue weighted by Crippen LogP contribution is 2.36. The Morgan fingerprint density at radius 1 is 1.33 bits per heavy atom. The molecule has 3 rings (SSSR count). The number of hydrogen-bond acceptors (Lipinski definition) is 5. The van der Waals surface area contributed by atoms with E-state index in [2.05, 4.69) is 5.32 Å². The molecule has 0 radical (unpaired) electrons. The summed E-state index contributed by atoms with van der Waals surface area (Å²) in [5.41, 5.74) is 0.0141. The second-order valence-corrected chi connectivity index (χ2v) is 5.25. The van der Waals surface area contributed by atoms with Gasteiger partial charge in [0.25, 0.3) is 0 Å². The highest BCUT2D eigenvalue weighted by atomic mass is 16.6. The maximum Gasteiger partial charge on any atom is 0.164 e. The van der Waals surface area contributed by atoms with Crippen LogP contribution in [-0.2, 0) is 4.74 Å². The van der Waals surface area contributed by atoms with Crippen molar-refractivity contribution in [1.29, 1.82) is 0 Å². The lowest BCUT2D eigenvalue weighted by molar-refractivity contribution is -0.0439. The number of hydrogen-bond donors (Lipinski definition) is 2. The molecule has 2 aromatic carbocycles. The zero-order chi connectivity index (χ0) is 21.1. The molecule has 1 aliphatic rings. The number of nitrogens with one attached hydrogen (secondary N) is 1. The third-order valence-corrected chi connectivity index (χ3v) is 3.58. The summed E-state index contributed by atoms with van der Waals surface area (Å²) in [5.74, 6) is 0.556. The zero-order valence-corrected chi connectivity index (χ0v) is 13.4. The van der Waals surface area contributed by atoms with Crippen LogP contribution in [0.15, 0.2) is 48.4 Å². The predicted octanol–water partition coefficient (Wildman–Crippen LogP) is 2.90. The van der Waals surface area contributed by atoms with Crippen molar-refractivity contribution in [3.8, 4) is 17.2 Å². The fraction of sp³-hybridized carbons (Fsp3) is 0.368. The molecule has 1 fully saturated rings. The van der Waals surface area contributed by atoms with Gasteiger partial charge < -0.3 is 24.6 Å². The van der Waals surface area contributed by atoms with Crippen molar-refractivity contribution >= 4 is 0 Å². The minimum absolute atomic E-state index is 0.00394. The van der Waals surface area contributed by atoms with E-state index in [0.717, 1.165) is 0 Å². The molecule has 0 saturated carbocycles. The molecule has 5 heteroatoms. The maximum atomic E-state index is 9.75. The Morgan fingerprint density at radius 2 is 2.17 bits per heavy atom. The highest BCUT2D eigenvalue weighted by Gasteiger charge is 2.28. The van der Waals surface area contributed by atoms with Gasteiger partial charge in [-0.1, -0.05) is 30.2 Å². The summed E-state index contributed by atoms with van der Waals surface area (Å²) >= 11 is 0. The van der Waals surface area contributed by atoms with E-state index in [1.807, 2.05) is 0 Å². The van der Waals surface area contributed by atoms with Gasteiger partial charge in [0.05, 0.1) is 20.1 Å². The van der Waals surface area contributed by atoms with Gasteiger partial charge in [-0.15, -0.1) is 0 Å². The molecule has 24 heavy (non-hydrogen) atoms. The average Bonchev–Trinajstić information content (AvgIpc) is 2.72. The topological polar surface area (TPSA) is 60.0 Å². The lowest BCUT2D eigenvalue weighted by Crippen LogP contribution is -2.43. The highest BCUT2D eigenvalue weighted by molar-refractivity contribution is 5.45. The molecule has 1 heterocycles. The Balaban J connectivity index is 2.11. The Kier molecular flexibility index (Phi) is 3.80. The first-order chi connectivity index (χ1) is 13.8. The molecule has 1 aliphatic heterocycles. The SMILES string of the molecule is [2H]c1c([2H])c([2H])c([C@@H](Oc2ccc(O)cc2OCC)[C@H]2CNCCO2)c([2H])c1[2H]. The molecule has 5 nitrogen and oxygen atoms in total. The van der Waals surface area contributed by atoms with Crippen molar-refractivity contribution in [1.82, 2.24) is 5.32 Å². The van der Waals surface area contributed by atoms with Crippen LogP contribution in [0, 0.1) is 0 Å². The van der Waals surface area contributed by atoms with Crippen molar-refractivity contribution in [2.45, 2.75) is 19.1 Å². The third kappa shape index (κ3) is 3.99. The first-order valence-corrected chi connectivity index (χ1v) is 7.86. The van der Waals surface area contributed by atoms with Crippen LogP contribution in [0.2, 0.25) is 0 Å². The van der Waals surface area contributed by atoms with E-state index < -0.39 is 30.3 Å². The number of phenols is 1. The van der Waals surface area contributed by atoms with Crippen LogP contribution in [0.25, 0.3) is 0 Å². The fourth-order valence-electron chi connectivity index (χ4n) is 2.50. The minimum atomic E-state index is -0.986. The summed E-state index contributed by atoms with van der Waals surface area (Å²) in [4.78, 5) is 0. The minimum Gasteiger partial charge on any atom is -0.508 e. The molecule has 2 atom stereocenters. The zero-order valence-electron chi connectivity index (χ0n) is 18.4. The molecule has 0 bridgehead atoms. The van der Waals surface area contributed by atoms with Crippen LogP contribution in [-0.4, -0.2) is 37.5 Å². The van der Waals surface area contributed by atoms with Crippen LogP contribution < -0.4 is 14.8 Å². The van der Waals surface area contributed by atoms with Gasteiger partial charge in [0.2, 0.25) is 0 Å². The first kappa shape index (κ1) is 11.3. The van der Waals surface area contributed by atoms with Crippen molar-refractivity contribution in [2.75, 3.05) is 26.3 Å². The van der Waals surface area contributed by atoms with Crippen LogP contribution in [0.4, 0.5) is 0 Å². The predicted molar refractivity (Wildman–Crippen MR) is 91.7 cm³/mol. The van der Waals surface area contributed by atoms with Gasteiger partial charge in [0, 0.05) is 19.2 Å². The van der Waals surface area contributed by atoms with E-state index >= 15 is 0 Å². The maximum absolute atomic E-state index is 9.75. The summed E-state index contributed by atoms with van der Waals surface area (Å²) in [6.07, 6.45) is -1.57. The largest absolute Gasteiger partial charge is 0.508 e. The van der Waals surface area contributed by atoms with Crippen LogP contribution in [0.1, 0.15) is 25.4 Å². The second kappa shape index (κ2) is 8.04. The molecule has 2 aromatic rings. The number of benzene rings is 2. The van der Waals surface area contributed by atoms with E-state index in [0.29, 0.717) is 26.3 Å². The molecule has 0 unspecified atom stereocenters. The van der Waals surface area contributed by atoms with Gasteiger partial charge in [-0.05, 0) is 24.6 Å². The van der Waals surface area contributed by atoms with E-state index in [1.165, 1.54) is 18.2 Å². The molecule has 1 saturated heterocycles. The average molecular weight is 334 g/mol. The number of phenolic OH excluding ortho intramolecular Hbond substituents is 1. The van der Waals surface area contributed by atoms with Crippen molar-refractivity contribution in [3.63, 3.8) is 0 Å². The third-order valence-electron chi connectivity index (χ3n) is 3.58. The molecule has 0 spiro atoms. The Labute approximate surface area is 149 Å². The van der Waals surface area contributed by atoms with Crippen molar-refractivity contribution in [3.05, 3.63) is 54.0 Å². The Hall–Kier alpha value is -2.24. The van der Waals surface area contributed by atoms with Crippen molar-refractivity contribution < 1.29 is 26.2 Å². The lowest BCUT2D eigenvalue weighted by atomic mass is 10.0. The first-order valence-electron chi connectivity index (χ1n) is 10.4. The molecular formula is C19H23NO4. The monoisotopic (exact) mass is 334 g/mol. The van der Waals surface area contributed by atoms with Gasteiger partial charge in [-0.3, -0.25) is 0 Å². The smallest absolute Gasteiger partial charge is 0.164 e. The van der Waals surface area contributed by atoms with Gasteiger partial charge in [-0.2, -0.15) is 0 Å². The van der Waals surface area contributed by atoms with Crippen LogP contribution in [0.3, 0.4) is 0 Å². The van der Waals surface area contributed by atoms with Crippen LogP contribution in [0.5, 0.6) is 17.2 Å². The summed E-state index contributed by atoms with van der Waals surface area (Å²) in [6, 6.07) is 2.32. The number of rotatable bonds is 6. The molecule has 128 valence electrons. The molecule has 0 amide bonds. The summed E-state index contributed by atoms with van der Waals surface area (Å²) in [6.45, 7) is 3.55. The van der Waals surface area contributed by atoms with Gasteiger partial charge in [0.1, 0.15) is 11.9 Å².